The zero-order valence-corrected chi connectivity index (χ0v) is 8.92. The van der Waals surface area contributed by atoms with E-state index in [1.54, 1.807) is 0 Å². The van der Waals surface area contributed by atoms with Crippen molar-refractivity contribution in [3.8, 4) is 0 Å². The van der Waals surface area contributed by atoms with Crippen LogP contribution in [0.25, 0.3) is 0 Å². The van der Waals surface area contributed by atoms with Crippen LogP contribution in [0.15, 0.2) is 0 Å². The third-order valence-corrected chi connectivity index (χ3v) is 3.77. The molecule has 3 N–H and O–H groups in total. The van der Waals surface area contributed by atoms with Gasteiger partial charge < -0.3 is 10.8 Å². The number of aliphatic hydroxyl groups is 1. The number of nitrogens with two attached hydrogens (primary N) is 1. The van der Waals surface area contributed by atoms with Crippen molar-refractivity contribution in [2.75, 3.05) is 6.54 Å². The van der Waals surface area contributed by atoms with E-state index in [1.807, 2.05) is 6.92 Å². The molecular formula is C11H23NO. The third kappa shape index (κ3) is 2.23. The van der Waals surface area contributed by atoms with Crippen molar-refractivity contribution in [3.63, 3.8) is 0 Å². The zero-order chi connectivity index (χ0) is 9.90. The maximum atomic E-state index is 9.94. The van der Waals surface area contributed by atoms with Crippen LogP contribution < -0.4 is 5.73 Å². The van der Waals surface area contributed by atoms with Gasteiger partial charge in [-0.2, -0.15) is 0 Å². The highest BCUT2D eigenvalue weighted by Crippen LogP contribution is 2.41. The summed E-state index contributed by atoms with van der Waals surface area (Å²) < 4.78 is 0. The largest absolute Gasteiger partial charge is 0.393 e. The fourth-order valence-electron chi connectivity index (χ4n) is 2.44. The molecular weight excluding hydrogens is 162 g/mol. The minimum atomic E-state index is -0.190. The van der Waals surface area contributed by atoms with Gasteiger partial charge in [0, 0.05) is 12.0 Å². The van der Waals surface area contributed by atoms with Crippen LogP contribution in [0.1, 0.15) is 46.0 Å². The molecule has 13 heavy (non-hydrogen) atoms. The molecule has 2 nitrogen and oxygen atoms in total. The standard InChI is InChI=1S/C11H23NO/c1-3-10(13)11(8-12)6-4-9(2)5-7-11/h9-10,13H,3-8,12H2,1-2H3. The second-order valence-electron chi connectivity index (χ2n) is 4.67. The first-order valence-corrected chi connectivity index (χ1v) is 5.52. The van der Waals surface area contributed by atoms with E-state index in [0.29, 0.717) is 6.54 Å². The van der Waals surface area contributed by atoms with Gasteiger partial charge in [0.15, 0.2) is 0 Å². The van der Waals surface area contributed by atoms with Crippen LogP contribution in [0.2, 0.25) is 0 Å². The lowest BCUT2D eigenvalue weighted by Gasteiger charge is -2.41. The van der Waals surface area contributed by atoms with E-state index >= 15 is 0 Å². The Kier molecular flexibility index (Phi) is 3.74. The lowest BCUT2D eigenvalue weighted by molar-refractivity contribution is -0.00827. The average Bonchev–Trinajstić information content (AvgIpc) is 2.18. The number of aliphatic hydroxyl groups excluding tert-OH is 1. The molecule has 78 valence electrons. The highest BCUT2D eigenvalue weighted by atomic mass is 16.3. The van der Waals surface area contributed by atoms with E-state index in [9.17, 15) is 5.11 Å². The van der Waals surface area contributed by atoms with Gasteiger partial charge in [0.2, 0.25) is 0 Å². The molecule has 0 amide bonds. The molecule has 1 aliphatic rings. The van der Waals surface area contributed by atoms with E-state index in [2.05, 4.69) is 6.92 Å². The lowest BCUT2D eigenvalue weighted by Crippen LogP contribution is -2.44. The number of rotatable bonds is 3. The van der Waals surface area contributed by atoms with Crippen molar-refractivity contribution in [1.82, 2.24) is 0 Å². The highest BCUT2D eigenvalue weighted by molar-refractivity contribution is 4.90. The Balaban J connectivity index is 2.60. The highest BCUT2D eigenvalue weighted by Gasteiger charge is 2.38. The Morgan fingerprint density at radius 3 is 2.38 bits per heavy atom. The van der Waals surface area contributed by atoms with Crippen molar-refractivity contribution >= 4 is 0 Å². The molecule has 1 atom stereocenters. The quantitative estimate of drug-likeness (QED) is 0.705. The molecule has 1 fully saturated rings. The van der Waals surface area contributed by atoms with Crippen LogP contribution in [0.3, 0.4) is 0 Å². The van der Waals surface area contributed by atoms with Gasteiger partial charge in [-0.1, -0.05) is 26.7 Å². The predicted octanol–water partition coefficient (Wildman–Crippen LogP) is 1.91. The molecule has 0 aromatic rings. The summed E-state index contributed by atoms with van der Waals surface area (Å²) in [5.41, 5.74) is 5.84. The molecule has 2 heteroatoms. The molecule has 0 aromatic heterocycles. The second-order valence-corrected chi connectivity index (χ2v) is 4.67. The Bertz CT molecular complexity index is 150. The first-order chi connectivity index (χ1) is 6.14. The second kappa shape index (κ2) is 4.43. The van der Waals surface area contributed by atoms with Gasteiger partial charge >= 0.3 is 0 Å². The summed E-state index contributed by atoms with van der Waals surface area (Å²) >= 11 is 0. The smallest absolute Gasteiger partial charge is 0.0605 e. The van der Waals surface area contributed by atoms with Crippen LogP contribution in [0, 0.1) is 11.3 Å². The molecule has 0 aliphatic heterocycles. The summed E-state index contributed by atoms with van der Waals surface area (Å²) in [5.74, 6) is 0.823. The van der Waals surface area contributed by atoms with Gasteiger partial charge in [-0.05, 0) is 25.2 Å². The number of hydrogen-bond acceptors (Lipinski definition) is 2. The minimum Gasteiger partial charge on any atom is -0.393 e. The monoisotopic (exact) mass is 185 g/mol. The van der Waals surface area contributed by atoms with Crippen LogP contribution in [0.4, 0.5) is 0 Å². The summed E-state index contributed by atoms with van der Waals surface area (Å²) in [5, 5.41) is 9.94. The molecule has 0 spiro atoms. The molecule has 1 aliphatic carbocycles. The van der Waals surface area contributed by atoms with Crippen molar-refractivity contribution in [1.29, 1.82) is 0 Å². The normalized spacial score (nSPS) is 37.4. The van der Waals surface area contributed by atoms with Gasteiger partial charge in [0.05, 0.1) is 6.10 Å². The van der Waals surface area contributed by atoms with Gasteiger partial charge in [-0.15, -0.1) is 0 Å². The summed E-state index contributed by atoms with van der Waals surface area (Å²) in [6.07, 6.45) is 5.33. The van der Waals surface area contributed by atoms with E-state index in [1.165, 1.54) is 12.8 Å². The van der Waals surface area contributed by atoms with Crippen molar-refractivity contribution in [2.45, 2.75) is 52.1 Å². The maximum absolute atomic E-state index is 9.94. The minimum absolute atomic E-state index is 0.0429. The molecule has 1 rings (SSSR count). The summed E-state index contributed by atoms with van der Waals surface area (Å²) in [6.45, 7) is 4.98. The molecule has 0 heterocycles. The molecule has 0 aromatic carbocycles. The lowest BCUT2D eigenvalue weighted by atomic mass is 9.67. The van der Waals surface area contributed by atoms with Gasteiger partial charge in [0.25, 0.3) is 0 Å². The van der Waals surface area contributed by atoms with Crippen molar-refractivity contribution in [3.05, 3.63) is 0 Å². The first kappa shape index (κ1) is 11.0. The SMILES string of the molecule is CCC(O)C1(CN)CCC(C)CC1. The van der Waals surface area contributed by atoms with Crippen LogP contribution in [0.5, 0.6) is 0 Å². The Labute approximate surface area is 81.5 Å². The third-order valence-electron chi connectivity index (χ3n) is 3.77. The van der Waals surface area contributed by atoms with E-state index in [-0.39, 0.29) is 11.5 Å². The Hall–Kier alpha value is -0.0800. The van der Waals surface area contributed by atoms with E-state index in [4.69, 9.17) is 5.73 Å². The van der Waals surface area contributed by atoms with Crippen molar-refractivity contribution in [2.24, 2.45) is 17.1 Å². The van der Waals surface area contributed by atoms with E-state index in [0.717, 1.165) is 25.2 Å². The fourth-order valence-corrected chi connectivity index (χ4v) is 2.44. The molecule has 0 bridgehead atoms. The van der Waals surface area contributed by atoms with Crippen molar-refractivity contribution < 1.29 is 5.11 Å². The van der Waals surface area contributed by atoms with Gasteiger partial charge in [-0.3, -0.25) is 0 Å². The van der Waals surface area contributed by atoms with Crippen LogP contribution in [-0.4, -0.2) is 17.8 Å². The van der Waals surface area contributed by atoms with Gasteiger partial charge in [-0.25, -0.2) is 0 Å². The van der Waals surface area contributed by atoms with Crippen LogP contribution >= 0.6 is 0 Å². The summed E-state index contributed by atoms with van der Waals surface area (Å²) in [4.78, 5) is 0. The molecule has 1 unspecified atom stereocenters. The number of hydrogen-bond donors (Lipinski definition) is 2. The molecule has 1 saturated carbocycles. The topological polar surface area (TPSA) is 46.2 Å². The Morgan fingerprint density at radius 2 is 2.00 bits per heavy atom. The van der Waals surface area contributed by atoms with Gasteiger partial charge in [0.1, 0.15) is 0 Å². The zero-order valence-electron chi connectivity index (χ0n) is 8.92. The van der Waals surface area contributed by atoms with E-state index < -0.39 is 0 Å². The molecule has 0 saturated heterocycles. The summed E-state index contributed by atoms with van der Waals surface area (Å²) in [7, 11) is 0. The molecule has 0 radical (unpaired) electrons. The first-order valence-electron chi connectivity index (χ1n) is 5.52. The fraction of sp³-hybridized carbons (Fsp3) is 1.00. The average molecular weight is 185 g/mol. The van der Waals surface area contributed by atoms with Crippen LogP contribution in [-0.2, 0) is 0 Å². The predicted molar refractivity (Wildman–Crippen MR) is 55.4 cm³/mol. The summed E-state index contributed by atoms with van der Waals surface area (Å²) in [6, 6.07) is 0. The Morgan fingerprint density at radius 1 is 1.46 bits per heavy atom. The maximum Gasteiger partial charge on any atom is 0.0605 e.